The van der Waals surface area contributed by atoms with E-state index in [1.165, 1.54) is 24.6 Å². The third-order valence-corrected chi connectivity index (χ3v) is 5.97. The predicted molar refractivity (Wildman–Crippen MR) is 111 cm³/mol. The van der Waals surface area contributed by atoms with Gasteiger partial charge in [-0.1, -0.05) is 23.4 Å². The maximum Gasteiger partial charge on any atom is 1.00 e. The second-order valence-corrected chi connectivity index (χ2v) is 8.52. The Balaban J connectivity index is 0.00000385. The molecule has 0 bridgehead atoms. The number of nitrogen functional groups attached to an aromatic ring is 1. The minimum atomic E-state index is -5.18. The molecule has 0 spiro atoms. The SMILES string of the molecule is CON=C(C(=O)N[C@H]1C(=O)N(S(=O)(=O)[O-])[C@H]1CNC(=O)c1ccccc1)c1csc(N)n1.[Na+]. The normalized spacial score (nSPS) is 18.1. The Kier molecular flexibility index (Phi) is 8.93. The van der Waals surface area contributed by atoms with Gasteiger partial charge in [-0.3, -0.25) is 14.4 Å². The molecule has 13 nitrogen and oxygen atoms in total. The smallest absolute Gasteiger partial charge is 0.731 e. The van der Waals surface area contributed by atoms with Crippen LogP contribution in [0.5, 0.6) is 0 Å². The summed E-state index contributed by atoms with van der Waals surface area (Å²) in [4.78, 5) is 45.8. The summed E-state index contributed by atoms with van der Waals surface area (Å²) in [5.74, 6) is -2.63. The molecule has 0 saturated carbocycles. The van der Waals surface area contributed by atoms with Crippen molar-refractivity contribution < 1.29 is 61.7 Å². The van der Waals surface area contributed by atoms with Crippen molar-refractivity contribution in [3.63, 3.8) is 0 Å². The number of β-lactam (4-membered cyclic amide) rings is 1. The van der Waals surface area contributed by atoms with E-state index < -0.39 is 46.7 Å². The van der Waals surface area contributed by atoms with Gasteiger partial charge in [0.1, 0.15) is 18.8 Å². The molecule has 2 atom stereocenters. The van der Waals surface area contributed by atoms with E-state index in [1.807, 2.05) is 0 Å². The van der Waals surface area contributed by atoms with E-state index in [4.69, 9.17) is 5.73 Å². The van der Waals surface area contributed by atoms with Crippen molar-refractivity contribution in [1.29, 1.82) is 0 Å². The second-order valence-electron chi connectivity index (χ2n) is 6.38. The Bertz CT molecular complexity index is 1170. The number of nitrogens with one attached hydrogen (secondary N) is 2. The van der Waals surface area contributed by atoms with Crippen LogP contribution in [-0.2, 0) is 24.7 Å². The van der Waals surface area contributed by atoms with E-state index in [2.05, 4.69) is 25.6 Å². The Morgan fingerprint density at radius 2 is 2.00 bits per heavy atom. The third kappa shape index (κ3) is 6.07. The standard InChI is InChI=1S/C17H18N6O7S2.Na/c1-30-22-12(10-8-31-17(18)20-10)15(25)21-13-11(23(16(13)26)32(27,28)29)7-19-14(24)9-5-3-2-4-6-9;/h2-6,8,11,13H,7H2,1H3,(H2,18,20)(H,19,24)(H,21,25)(H,27,28,29);/q;+1/p-1/t11-,13+;/m0./s1. The zero-order valence-corrected chi connectivity index (χ0v) is 21.1. The minimum Gasteiger partial charge on any atom is -0.731 e. The van der Waals surface area contributed by atoms with Crippen molar-refractivity contribution in [1.82, 2.24) is 19.9 Å². The summed E-state index contributed by atoms with van der Waals surface area (Å²) in [6, 6.07) is 5.24. The number of anilines is 1. The molecular weight excluding hydrogens is 487 g/mol. The summed E-state index contributed by atoms with van der Waals surface area (Å²) in [7, 11) is -3.99. The molecule has 0 radical (unpaired) electrons. The fraction of sp³-hybridized carbons (Fsp3) is 0.235. The number of nitrogens with zero attached hydrogens (tertiary/aromatic N) is 3. The van der Waals surface area contributed by atoms with Gasteiger partial charge in [0.2, 0.25) is 0 Å². The van der Waals surface area contributed by atoms with Crippen molar-refractivity contribution in [3.8, 4) is 0 Å². The van der Waals surface area contributed by atoms with Gasteiger partial charge in [0.05, 0.1) is 6.04 Å². The predicted octanol–water partition coefficient (Wildman–Crippen LogP) is -4.33. The summed E-state index contributed by atoms with van der Waals surface area (Å²) in [6.07, 6.45) is 0. The van der Waals surface area contributed by atoms with Crippen LogP contribution in [0.15, 0.2) is 40.9 Å². The Morgan fingerprint density at radius 1 is 1.33 bits per heavy atom. The first-order valence-electron chi connectivity index (χ1n) is 8.89. The van der Waals surface area contributed by atoms with E-state index in [1.54, 1.807) is 18.2 Å². The third-order valence-electron chi connectivity index (χ3n) is 4.37. The number of carbonyl (C=O) groups is 3. The zero-order chi connectivity index (χ0) is 23.5. The van der Waals surface area contributed by atoms with Crippen LogP contribution in [0.1, 0.15) is 16.1 Å². The fourth-order valence-electron chi connectivity index (χ4n) is 2.94. The number of nitrogens with two attached hydrogens (primary N) is 1. The van der Waals surface area contributed by atoms with Crippen molar-refractivity contribution in [2.75, 3.05) is 19.4 Å². The molecule has 16 heteroatoms. The van der Waals surface area contributed by atoms with Gasteiger partial charge in [-0.15, -0.1) is 11.3 Å². The van der Waals surface area contributed by atoms with E-state index in [9.17, 15) is 27.4 Å². The van der Waals surface area contributed by atoms with E-state index >= 15 is 0 Å². The molecule has 3 amide bonds. The average molecular weight is 504 g/mol. The summed E-state index contributed by atoms with van der Waals surface area (Å²) >= 11 is 1.04. The van der Waals surface area contributed by atoms with Crippen LogP contribution in [0, 0.1) is 0 Å². The van der Waals surface area contributed by atoms with Gasteiger partial charge in [0.15, 0.2) is 21.1 Å². The number of amides is 3. The molecule has 1 aliphatic heterocycles. The quantitative estimate of drug-likeness (QED) is 0.105. The largest absolute Gasteiger partial charge is 1.00 e. The average Bonchev–Trinajstić information content (AvgIpc) is 3.17. The Hall–Kier alpha value is -2.56. The number of hydrogen-bond donors (Lipinski definition) is 3. The molecule has 0 aliphatic carbocycles. The van der Waals surface area contributed by atoms with Crippen LogP contribution >= 0.6 is 11.3 Å². The molecule has 170 valence electrons. The molecule has 1 aromatic carbocycles. The van der Waals surface area contributed by atoms with E-state index in [-0.39, 0.29) is 56.0 Å². The Morgan fingerprint density at radius 3 is 2.55 bits per heavy atom. The molecule has 2 heterocycles. The molecule has 0 unspecified atom stereocenters. The second kappa shape index (κ2) is 11.0. The van der Waals surface area contributed by atoms with E-state index in [0.29, 0.717) is 0 Å². The van der Waals surface area contributed by atoms with Crippen LogP contribution in [-0.4, -0.2) is 71.4 Å². The maximum atomic E-state index is 12.7. The first-order valence-corrected chi connectivity index (χ1v) is 11.1. The van der Waals surface area contributed by atoms with E-state index in [0.717, 1.165) is 11.3 Å². The van der Waals surface area contributed by atoms with Crippen molar-refractivity contribution >= 4 is 50.2 Å². The molecule has 1 aromatic heterocycles. The molecule has 4 N–H and O–H groups in total. The Labute approximate surface area is 214 Å². The molecular formula is C17H17N6NaO7S2. The fourth-order valence-corrected chi connectivity index (χ4v) is 4.35. The van der Waals surface area contributed by atoms with Crippen LogP contribution in [0.2, 0.25) is 0 Å². The number of hydrogen-bond acceptors (Lipinski definition) is 11. The van der Waals surface area contributed by atoms with Crippen molar-refractivity contribution in [3.05, 3.63) is 47.0 Å². The molecule has 33 heavy (non-hydrogen) atoms. The molecule has 3 rings (SSSR count). The monoisotopic (exact) mass is 504 g/mol. The van der Waals surface area contributed by atoms with Crippen LogP contribution in [0.25, 0.3) is 0 Å². The molecule has 1 aliphatic rings. The number of benzene rings is 1. The van der Waals surface area contributed by atoms with Gasteiger partial charge < -0.3 is 25.8 Å². The molecule has 1 saturated heterocycles. The van der Waals surface area contributed by atoms with Crippen LogP contribution < -0.4 is 45.9 Å². The number of aromatic nitrogens is 1. The van der Waals surface area contributed by atoms with Gasteiger partial charge in [0.25, 0.3) is 17.7 Å². The van der Waals surface area contributed by atoms with Crippen molar-refractivity contribution in [2.24, 2.45) is 5.16 Å². The zero-order valence-electron chi connectivity index (χ0n) is 17.4. The summed E-state index contributed by atoms with van der Waals surface area (Å²) in [5.41, 5.74) is 5.59. The summed E-state index contributed by atoms with van der Waals surface area (Å²) in [5, 5.41) is 9.90. The van der Waals surface area contributed by atoms with Gasteiger partial charge in [-0.05, 0) is 12.1 Å². The van der Waals surface area contributed by atoms with Gasteiger partial charge >= 0.3 is 29.6 Å². The number of oxime groups is 1. The van der Waals surface area contributed by atoms with Gasteiger partial charge in [-0.2, -0.15) is 0 Å². The summed E-state index contributed by atoms with van der Waals surface area (Å²) < 4.78 is 34.6. The number of rotatable bonds is 8. The topological polar surface area (TPSA) is 196 Å². The first kappa shape index (κ1) is 26.7. The number of thiazole rings is 1. The summed E-state index contributed by atoms with van der Waals surface area (Å²) in [6.45, 7) is -0.410. The molecule has 1 fully saturated rings. The first-order chi connectivity index (χ1) is 15.1. The van der Waals surface area contributed by atoms with Crippen molar-refractivity contribution in [2.45, 2.75) is 12.1 Å². The van der Waals surface area contributed by atoms with Gasteiger partial charge in [0, 0.05) is 17.5 Å². The maximum absolute atomic E-state index is 12.7. The number of carbonyl (C=O) groups excluding carboxylic acids is 3. The van der Waals surface area contributed by atoms with Gasteiger partial charge in [-0.25, -0.2) is 17.7 Å². The minimum absolute atomic E-state index is 0. The molecule has 2 aromatic rings. The van der Waals surface area contributed by atoms with Crippen LogP contribution in [0.4, 0.5) is 5.13 Å². The van der Waals surface area contributed by atoms with Crippen LogP contribution in [0.3, 0.4) is 0 Å².